The molecule has 0 heterocycles. The van der Waals surface area contributed by atoms with Gasteiger partial charge in [-0.1, -0.05) is 375 Å². The van der Waals surface area contributed by atoms with E-state index < -0.39 is 97.5 Å². The van der Waals surface area contributed by atoms with Gasteiger partial charge in [0.05, 0.1) is 26.4 Å². The highest BCUT2D eigenvalue weighted by atomic mass is 31.2. The Hall–Kier alpha value is -1.94. The lowest BCUT2D eigenvalue weighted by atomic mass is 10.0. The van der Waals surface area contributed by atoms with Crippen LogP contribution in [0.25, 0.3) is 0 Å². The summed E-state index contributed by atoms with van der Waals surface area (Å²) in [4.78, 5) is 73.0. The van der Waals surface area contributed by atoms with Gasteiger partial charge in [-0.3, -0.25) is 37.3 Å². The second-order valence-electron chi connectivity index (χ2n) is 30.1. The number of esters is 4. The van der Waals surface area contributed by atoms with Crippen LogP contribution < -0.4 is 0 Å². The molecular formula is C81H158O17P2. The van der Waals surface area contributed by atoms with E-state index in [9.17, 15) is 43.2 Å². The number of carbonyl (C=O) groups is 4. The molecule has 0 aromatic carbocycles. The third-order valence-corrected chi connectivity index (χ3v) is 20.9. The molecule has 0 aliphatic rings. The molecule has 0 radical (unpaired) electrons. The first-order valence-corrected chi connectivity index (χ1v) is 45.0. The number of aliphatic hydroxyl groups excluding tert-OH is 1. The van der Waals surface area contributed by atoms with Crippen molar-refractivity contribution >= 4 is 39.5 Å². The second kappa shape index (κ2) is 72.6. The van der Waals surface area contributed by atoms with Crippen molar-refractivity contribution in [1.29, 1.82) is 0 Å². The molecule has 0 aromatic rings. The Bertz CT molecular complexity index is 1920. The molecule has 0 spiro atoms. The lowest BCUT2D eigenvalue weighted by molar-refractivity contribution is -0.161. The average molecular weight is 1470 g/mol. The summed E-state index contributed by atoms with van der Waals surface area (Å²) in [5.74, 6) is -0.569. The molecule has 0 amide bonds. The van der Waals surface area contributed by atoms with Crippen LogP contribution in [-0.4, -0.2) is 96.7 Å². The quantitative estimate of drug-likeness (QED) is 0.0222. The third-order valence-electron chi connectivity index (χ3n) is 19.0. The number of phosphoric ester groups is 2. The van der Waals surface area contributed by atoms with Crippen molar-refractivity contribution in [2.24, 2.45) is 11.8 Å². The summed E-state index contributed by atoms with van der Waals surface area (Å²) in [7, 11) is -9.92. The molecule has 19 heteroatoms. The molecule has 0 bridgehead atoms. The zero-order valence-corrected chi connectivity index (χ0v) is 67.3. The summed E-state index contributed by atoms with van der Waals surface area (Å²) in [6.07, 6.45) is 62.4. The van der Waals surface area contributed by atoms with Crippen molar-refractivity contribution in [2.45, 2.75) is 445 Å². The smallest absolute Gasteiger partial charge is 0.462 e. The summed E-state index contributed by atoms with van der Waals surface area (Å²) in [5, 5.41) is 10.6. The standard InChI is InChI=1S/C81H158O17P2/c1-7-9-11-13-15-17-19-21-22-23-24-27-30-34-40-46-52-58-64-79(84)92-69-76(97-80(85)65-59-53-47-41-35-31-28-25-26-29-32-37-43-49-55-61-73(3)4)71-95-99(87,88)93-67-75(82)68-94-100(89,90)96-72-77(98-81(86)66-60-54-48-42-36-38-44-50-56-62-74(5)6)70-91-78(83)63-57-51-45-39-33-20-18-16-14-12-10-8-2/h73-77,82H,7-72H2,1-6H3,(H,87,88)(H,89,90)/t75-,76-,77-/m1/s1. The van der Waals surface area contributed by atoms with Gasteiger partial charge >= 0.3 is 39.5 Å². The molecule has 0 aliphatic carbocycles. The van der Waals surface area contributed by atoms with Crippen molar-refractivity contribution in [2.75, 3.05) is 39.6 Å². The molecular weight excluding hydrogens is 1310 g/mol. The largest absolute Gasteiger partial charge is 0.472 e. The fourth-order valence-electron chi connectivity index (χ4n) is 12.5. The number of ether oxygens (including phenoxy) is 4. The van der Waals surface area contributed by atoms with Crippen LogP contribution in [0.15, 0.2) is 0 Å². The molecule has 3 N–H and O–H groups in total. The lowest BCUT2D eigenvalue weighted by Crippen LogP contribution is -2.30. The molecule has 17 nitrogen and oxygen atoms in total. The van der Waals surface area contributed by atoms with Gasteiger partial charge in [0.1, 0.15) is 19.3 Å². The number of hydrogen-bond donors (Lipinski definition) is 3. The van der Waals surface area contributed by atoms with Crippen molar-refractivity contribution in [1.82, 2.24) is 0 Å². The van der Waals surface area contributed by atoms with Crippen LogP contribution in [0.3, 0.4) is 0 Å². The number of carbonyl (C=O) groups excluding carboxylic acids is 4. The third kappa shape index (κ3) is 74.3. The molecule has 0 rings (SSSR count). The van der Waals surface area contributed by atoms with E-state index in [0.717, 1.165) is 102 Å². The van der Waals surface area contributed by atoms with Crippen molar-refractivity contribution in [3.8, 4) is 0 Å². The van der Waals surface area contributed by atoms with Gasteiger partial charge in [0.25, 0.3) is 0 Å². The van der Waals surface area contributed by atoms with E-state index in [4.69, 9.17) is 37.0 Å². The minimum absolute atomic E-state index is 0.106. The van der Waals surface area contributed by atoms with Crippen LogP contribution in [0.5, 0.6) is 0 Å². The number of phosphoric acid groups is 2. The molecule has 0 saturated heterocycles. The van der Waals surface area contributed by atoms with Gasteiger partial charge < -0.3 is 33.8 Å². The first-order valence-electron chi connectivity index (χ1n) is 42.0. The van der Waals surface area contributed by atoms with Gasteiger partial charge in [0.15, 0.2) is 12.2 Å². The molecule has 594 valence electrons. The highest BCUT2D eigenvalue weighted by Gasteiger charge is 2.30. The Balaban J connectivity index is 5.24. The fourth-order valence-corrected chi connectivity index (χ4v) is 14.1. The van der Waals surface area contributed by atoms with E-state index in [1.54, 1.807) is 0 Å². The highest BCUT2D eigenvalue weighted by Crippen LogP contribution is 2.45. The van der Waals surface area contributed by atoms with Crippen molar-refractivity contribution in [3.05, 3.63) is 0 Å². The maximum Gasteiger partial charge on any atom is 0.472 e. The first-order chi connectivity index (χ1) is 48.4. The Labute approximate surface area is 613 Å². The van der Waals surface area contributed by atoms with Gasteiger partial charge in [0.2, 0.25) is 0 Å². The SMILES string of the molecule is CCCCCCCCCCCCCCCCCCCCC(=O)OC[C@H](COP(=O)(O)OC[C@@H](O)COP(=O)(O)OC[C@@H](COC(=O)CCCCCCCCCCCCCC)OC(=O)CCCCCCCCCCCC(C)C)OC(=O)CCCCCCCCCCCCCCCCCC(C)C. The van der Waals surface area contributed by atoms with E-state index >= 15 is 0 Å². The minimum atomic E-state index is -4.96. The van der Waals surface area contributed by atoms with E-state index in [0.29, 0.717) is 25.7 Å². The number of hydrogen-bond acceptors (Lipinski definition) is 15. The summed E-state index contributed by atoms with van der Waals surface area (Å²) in [6, 6.07) is 0. The lowest BCUT2D eigenvalue weighted by Gasteiger charge is -2.21. The Morgan fingerprint density at radius 1 is 0.270 bits per heavy atom. The predicted molar refractivity (Wildman–Crippen MR) is 409 cm³/mol. The zero-order valence-electron chi connectivity index (χ0n) is 65.5. The fraction of sp³-hybridized carbons (Fsp3) is 0.951. The maximum atomic E-state index is 13.1. The minimum Gasteiger partial charge on any atom is -0.462 e. The number of unbranched alkanes of at least 4 members (excludes halogenated alkanes) is 50. The van der Waals surface area contributed by atoms with E-state index in [1.165, 1.54) is 244 Å². The van der Waals surface area contributed by atoms with E-state index in [1.807, 2.05) is 0 Å². The first kappa shape index (κ1) is 98.1. The highest BCUT2D eigenvalue weighted by molar-refractivity contribution is 7.47. The van der Waals surface area contributed by atoms with Crippen molar-refractivity contribution < 1.29 is 80.2 Å². The number of rotatable bonds is 80. The molecule has 0 aliphatic heterocycles. The Morgan fingerprint density at radius 3 is 0.680 bits per heavy atom. The summed E-state index contributed by atoms with van der Waals surface area (Å²) < 4.78 is 68.7. The van der Waals surface area contributed by atoms with Crippen LogP contribution >= 0.6 is 15.6 Å². The van der Waals surface area contributed by atoms with Gasteiger partial charge in [-0.05, 0) is 37.5 Å². The number of aliphatic hydroxyl groups is 1. The zero-order chi connectivity index (χ0) is 73.5. The summed E-state index contributed by atoms with van der Waals surface area (Å²) in [5.41, 5.74) is 0. The van der Waals surface area contributed by atoms with Gasteiger partial charge in [-0.25, -0.2) is 9.13 Å². The van der Waals surface area contributed by atoms with Crippen LogP contribution in [0, 0.1) is 11.8 Å². The van der Waals surface area contributed by atoms with E-state index in [2.05, 4.69) is 41.5 Å². The molecule has 0 aromatic heterocycles. The molecule has 0 saturated carbocycles. The van der Waals surface area contributed by atoms with Crippen LogP contribution in [0.1, 0.15) is 427 Å². The molecule has 0 fully saturated rings. The molecule has 5 atom stereocenters. The van der Waals surface area contributed by atoms with Crippen LogP contribution in [-0.2, 0) is 65.4 Å². The second-order valence-corrected chi connectivity index (χ2v) is 33.0. The topological polar surface area (TPSA) is 237 Å². The van der Waals surface area contributed by atoms with E-state index in [-0.39, 0.29) is 25.7 Å². The van der Waals surface area contributed by atoms with Gasteiger partial charge in [0, 0.05) is 25.7 Å². The maximum absolute atomic E-state index is 13.1. The Kier molecular flexibility index (Phi) is 71.2. The summed E-state index contributed by atoms with van der Waals surface area (Å²) >= 11 is 0. The molecule has 100 heavy (non-hydrogen) atoms. The van der Waals surface area contributed by atoms with Crippen LogP contribution in [0.2, 0.25) is 0 Å². The molecule has 2 unspecified atom stereocenters. The van der Waals surface area contributed by atoms with Crippen LogP contribution in [0.4, 0.5) is 0 Å². The predicted octanol–water partition coefficient (Wildman–Crippen LogP) is 24.3. The summed E-state index contributed by atoms with van der Waals surface area (Å²) in [6.45, 7) is 9.64. The van der Waals surface area contributed by atoms with Gasteiger partial charge in [-0.15, -0.1) is 0 Å². The Morgan fingerprint density at radius 2 is 0.460 bits per heavy atom. The normalized spacial score (nSPS) is 13.9. The monoisotopic (exact) mass is 1470 g/mol. The van der Waals surface area contributed by atoms with Crippen molar-refractivity contribution in [3.63, 3.8) is 0 Å². The average Bonchev–Trinajstić information content (AvgIpc) is 0.945. The van der Waals surface area contributed by atoms with Gasteiger partial charge in [-0.2, -0.15) is 0 Å².